The minimum atomic E-state index is -4.50. The Kier molecular flexibility index (Phi) is 5.63. The molecule has 3 atom stereocenters. The normalized spacial score (nSPS) is 19.6. The van der Waals surface area contributed by atoms with Gasteiger partial charge in [0.05, 0.1) is 16.6 Å². The molecule has 3 aromatic rings. The van der Waals surface area contributed by atoms with Crippen LogP contribution in [0.1, 0.15) is 52.4 Å². The molecule has 0 saturated heterocycles. The number of aromatic nitrogens is 2. The molecule has 3 heterocycles. The first-order valence-electron chi connectivity index (χ1n) is 9.26. The Balaban J connectivity index is 1.65. The maximum Gasteiger partial charge on any atom is 0.410 e. The van der Waals surface area contributed by atoms with Gasteiger partial charge >= 0.3 is 6.18 Å². The summed E-state index contributed by atoms with van der Waals surface area (Å²) < 4.78 is 42.5. The molecule has 0 aliphatic carbocycles. The van der Waals surface area contributed by atoms with Crippen LogP contribution in [0, 0.1) is 0 Å². The smallest absolute Gasteiger partial charge is 0.362 e. The average Bonchev–Trinajstić information content (AvgIpc) is 3.36. The van der Waals surface area contributed by atoms with E-state index in [2.05, 4.69) is 31.7 Å². The number of carbonyl (C=O) groups is 1. The molecule has 0 spiro atoms. The van der Waals surface area contributed by atoms with Crippen molar-refractivity contribution < 1.29 is 18.0 Å². The maximum absolute atomic E-state index is 13.8. The standard InChI is InChI=1S/C20H18BrF3N4OS/c1-11(12-6-3-2-4-7-12)25-19(29)17-16(21)18-26-13(14-8-5-9-30-14)10-15(20(22,23)24)28(18)27-17/h2-9,11,13,15,26H,10H2,1H3,(H,25,29)/t11?,13-,15+/m1/s1. The van der Waals surface area contributed by atoms with Crippen molar-refractivity contribution in [3.8, 4) is 0 Å². The van der Waals surface area contributed by atoms with Crippen LogP contribution in [-0.2, 0) is 0 Å². The second-order valence-electron chi connectivity index (χ2n) is 7.07. The Bertz CT molecular complexity index is 1040. The topological polar surface area (TPSA) is 59.0 Å². The lowest BCUT2D eigenvalue weighted by molar-refractivity contribution is -0.173. The summed E-state index contributed by atoms with van der Waals surface area (Å²) in [5, 5.41) is 11.8. The van der Waals surface area contributed by atoms with Gasteiger partial charge in [-0.3, -0.25) is 4.79 Å². The zero-order chi connectivity index (χ0) is 21.5. The molecule has 4 rings (SSSR count). The number of carbonyl (C=O) groups excluding carboxylic acids is 1. The van der Waals surface area contributed by atoms with Crippen LogP contribution in [0.4, 0.5) is 19.0 Å². The van der Waals surface area contributed by atoms with Crippen molar-refractivity contribution in [2.75, 3.05) is 5.32 Å². The predicted octanol–water partition coefficient (Wildman–Crippen LogP) is 5.86. The highest BCUT2D eigenvalue weighted by Gasteiger charge is 2.48. The Hall–Kier alpha value is -2.33. The van der Waals surface area contributed by atoms with Gasteiger partial charge in [0.1, 0.15) is 5.82 Å². The van der Waals surface area contributed by atoms with E-state index in [9.17, 15) is 18.0 Å². The fourth-order valence-corrected chi connectivity index (χ4v) is 4.85. The summed E-state index contributed by atoms with van der Waals surface area (Å²) in [7, 11) is 0. The first-order valence-corrected chi connectivity index (χ1v) is 10.9. The lowest BCUT2D eigenvalue weighted by Crippen LogP contribution is -2.35. The number of amides is 1. The van der Waals surface area contributed by atoms with Crippen molar-refractivity contribution in [1.82, 2.24) is 15.1 Å². The Morgan fingerprint density at radius 3 is 2.67 bits per heavy atom. The number of hydrogen-bond acceptors (Lipinski definition) is 4. The van der Waals surface area contributed by atoms with Gasteiger partial charge in [-0.1, -0.05) is 36.4 Å². The molecule has 158 valence electrons. The van der Waals surface area contributed by atoms with E-state index in [1.807, 2.05) is 35.7 Å². The zero-order valence-electron chi connectivity index (χ0n) is 15.8. The Morgan fingerprint density at radius 1 is 1.30 bits per heavy atom. The number of hydrogen-bond donors (Lipinski definition) is 2. The van der Waals surface area contributed by atoms with Crippen LogP contribution >= 0.6 is 27.3 Å². The number of thiophene rings is 1. The summed E-state index contributed by atoms with van der Waals surface area (Å²) in [6, 6.07) is 10.2. The van der Waals surface area contributed by atoms with Gasteiger partial charge in [0.15, 0.2) is 11.7 Å². The van der Waals surface area contributed by atoms with Gasteiger partial charge in [-0.05, 0) is 39.9 Å². The Labute approximate surface area is 183 Å². The SMILES string of the molecule is CC(NC(=O)c1nn2c(c1Br)N[C@@H](c1cccs1)C[C@H]2C(F)(F)F)c1ccccc1. The van der Waals surface area contributed by atoms with Crippen molar-refractivity contribution in [3.05, 3.63) is 68.5 Å². The number of nitrogens with one attached hydrogen (secondary N) is 2. The van der Waals surface area contributed by atoms with Crippen LogP contribution in [0.3, 0.4) is 0 Å². The van der Waals surface area contributed by atoms with E-state index < -0.39 is 24.2 Å². The van der Waals surface area contributed by atoms with Crippen LogP contribution in [0.15, 0.2) is 52.3 Å². The number of alkyl halides is 3. The summed E-state index contributed by atoms with van der Waals surface area (Å²) in [4.78, 5) is 13.6. The molecule has 0 fully saturated rings. The number of anilines is 1. The predicted molar refractivity (Wildman–Crippen MR) is 113 cm³/mol. The lowest BCUT2D eigenvalue weighted by Gasteiger charge is -2.33. The summed E-state index contributed by atoms with van der Waals surface area (Å²) in [6.45, 7) is 1.81. The molecule has 1 aromatic carbocycles. The highest BCUT2D eigenvalue weighted by Crippen LogP contribution is 2.46. The van der Waals surface area contributed by atoms with Crippen LogP contribution in [0.25, 0.3) is 0 Å². The molecule has 0 radical (unpaired) electrons. The molecule has 0 bridgehead atoms. The molecule has 2 aromatic heterocycles. The summed E-state index contributed by atoms with van der Waals surface area (Å²) >= 11 is 4.69. The second kappa shape index (κ2) is 8.07. The zero-order valence-corrected chi connectivity index (χ0v) is 18.2. The van der Waals surface area contributed by atoms with Crippen molar-refractivity contribution >= 4 is 39.0 Å². The van der Waals surface area contributed by atoms with Gasteiger partial charge in [-0.2, -0.15) is 18.3 Å². The van der Waals surface area contributed by atoms with E-state index in [4.69, 9.17) is 0 Å². The minimum Gasteiger partial charge on any atom is -0.362 e. The molecule has 5 nitrogen and oxygen atoms in total. The number of halogens is 4. The van der Waals surface area contributed by atoms with E-state index in [1.165, 1.54) is 11.3 Å². The summed E-state index contributed by atoms with van der Waals surface area (Å²) in [5.74, 6) is -0.394. The summed E-state index contributed by atoms with van der Waals surface area (Å²) in [5.41, 5.74) is 0.802. The fraction of sp³-hybridized carbons (Fsp3) is 0.300. The van der Waals surface area contributed by atoms with E-state index >= 15 is 0 Å². The number of fused-ring (bicyclic) bond motifs is 1. The van der Waals surface area contributed by atoms with E-state index in [0.717, 1.165) is 15.1 Å². The summed E-state index contributed by atoms with van der Waals surface area (Å²) in [6.07, 6.45) is -4.70. The van der Waals surface area contributed by atoms with Crippen LogP contribution in [0.5, 0.6) is 0 Å². The first kappa shape index (κ1) is 20.9. The quantitative estimate of drug-likeness (QED) is 0.473. The van der Waals surface area contributed by atoms with Gasteiger partial charge in [-0.15, -0.1) is 11.3 Å². The molecule has 1 aliphatic heterocycles. The molecular weight excluding hydrogens is 481 g/mol. The van der Waals surface area contributed by atoms with E-state index in [0.29, 0.717) is 0 Å². The van der Waals surface area contributed by atoms with Gasteiger partial charge in [-0.25, -0.2) is 4.68 Å². The maximum atomic E-state index is 13.8. The third kappa shape index (κ3) is 3.98. The monoisotopic (exact) mass is 498 g/mol. The molecule has 10 heteroatoms. The Morgan fingerprint density at radius 2 is 2.03 bits per heavy atom. The van der Waals surface area contributed by atoms with Crippen molar-refractivity contribution in [2.45, 2.75) is 37.6 Å². The second-order valence-corrected chi connectivity index (χ2v) is 8.84. The van der Waals surface area contributed by atoms with Gasteiger partial charge in [0.25, 0.3) is 5.91 Å². The van der Waals surface area contributed by atoms with E-state index in [-0.39, 0.29) is 28.4 Å². The molecule has 1 aliphatic rings. The number of benzene rings is 1. The minimum absolute atomic E-state index is 0.0821. The third-order valence-electron chi connectivity index (χ3n) is 5.04. The number of nitrogens with zero attached hydrogens (tertiary/aromatic N) is 2. The van der Waals surface area contributed by atoms with Gasteiger partial charge in [0, 0.05) is 11.3 Å². The van der Waals surface area contributed by atoms with E-state index in [1.54, 1.807) is 19.1 Å². The molecule has 1 amide bonds. The fourth-order valence-electron chi connectivity index (χ4n) is 3.50. The van der Waals surface area contributed by atoms with Crippen molar-refractivity contribution in [3.63, 3.8) is 0 Å². The molecule has 1 unspecified atom stereocenters. The molecular formula is C20H18BrF3N4OS. The molecule has 0 saturated carbocycles. The first-order chi connectivity index (χ1) is 14.3. The average molecular weight is 499 g/mol. The van der Waals surface area contributed by atoms with Gasteiger partial charge in [0.2, 0.25) is 0 Å². The van der Waals surface area contributed by atoms with Crippen LogP contribution < -0.4 is 10.6 Å². The van der Waals surface area contributed by atoms with Crippen molar-refractivity contribution in [1.29, 1.82) is 0 Å². The largest absolute Gasteiger partial charge is 0.410 e. The molecule has 30 heavy (non-hydrogen) atoms. The molecule has 2 N–H and O–H groups in total. The van der Waals surface area contributed by atoms with Gasteiger partial charge < -0.3 is 10.6 Å². The highest BCUT2D eigenvalue weighted by molar-refractivity contribution is 9.10. The number of rotatable bonds is 4. The van der Waals surface area contributed by atoms with Crippen molar-refractivity contribution in [2.24, 2.45) is 0 Å². The van der Waals surface area contributed by atoms with Crippen LogP contribution in [0.2, 0.25) is 0 Å². The van der Waals surface area contributed by atoms with Crippen LogP contribution in [-0.4, -0.2) is 21.9 Å². The lowest BCUT2D eigenvalue weighted by atomic mass is 10.0. The highest BCUT2D eigenvalue weighted by atomic mass is 79.9. The third-order valence-corrected chi connectivity index (χ3v) is 6.78.